The van der Waals surface area contributed by atoms with E-state index >= 15 is 4.79 Å². The standard InChI is InChI=1S/C50H57NO13/c1-9-59-46(57)64-49-27-60-36(49)25-28(2)48(8)40(49)42(63-45(56)34-23-17-12-18-24-34)50(58)26-35(29(3)37(47(50,6)7)39(41(48)53)61-31(5)52)62-44(55)30(4)38(32-19-13-10-14-20-32)51-43(54)33-21-15-11-16-22-33/h10-24,28,30,35-36,38-40,42,58H,9,25-27H2,1-8H3,(H,51,54). The molecule has 340 valence electrons. The number of hydrogen-bond acceptors (Lipinski definition) is 13. The Hall–Kier alpha value is -5.86. The molecule has 11 atom stereocenters. The molecular weight excluding hydrogens is 823 g/mol. The zero-order valence-electron chi connectivity index (χ0n) is 37.5. The molecule has 3 aromatic carbocycles. The van der Waals surface area contributed by atoms with Gasteiger partial charge < -0.3 is 38.8 Å². The molecule has 1 aliphatic heterocycles. The smallest absolute Gasteiger partial charge is 0.457 e. The van der Waals surface area contributed by atoms with E-state index in [1.54, 1.807) is 126 Å². The number of carbonyl (C=O) groups is 6. The van der Waals surface area contributed by atoms with Crippen LogP contribution in [0, 0.1) is 28.6 Å². The van der Waals surface area contributed by atoms with Gasteiger partial charge in [-0.05, 0) is 74.1 Å². The summed E-state index contributed by atoms with van der Waals surface area (Å²) in [6.45, 7) is 12.6. The van der Waals surface area contributed by atoms with Crippen molar-refractivity contribution in [2.45, 2.75) is 110 Å². The molecule has 4 aliphatic rings. The van der Waals surface area contributed by atoms with E-state index in [2.05, 4.69) is 5.32 Å². The Bertz CT molecular complexity index is 2310. The first-order valence-electron chi connectivity index (χ1n) is 21.8. The number of esters is 3. The number of ether oxygens (including phenoxy) is 6. The summed E-state index contributed by atoms with van der Waals surface area (Å²) in [5.41, 5.74) is -5.44. The lowest BCUT2D eigenvalue weighted by Crippen LogP contribution is -2.81. The van der Waals surface area contributed by atoms with Crippen LogP contribution in [0.2, 0.25) is 0 Å². The zero-order valence-corrected chi connectivity index (χ0v) is 37.5. The molecule has 2 saturated carbocycles. The average Bonchev–Trinajstić information content (AvgIpc) is 3.27. The highest BCUT2D eigenvalue weighted by Gasteiger charge is 2.78. The molecule has 14 nitrogen and oxygen atoms in total. The summed E-state index contributed by atoms with van der Waals surface area (Å²) in [4.78, 5) is 85.0. The molecule has 3 aromatic rings. The molecule has 7 rings (SSSR count). The molecule has 1 saturated heterocycles. The second-order valence-electron chi connectivity index (χ2n) is 18.3. The number of nitrogens with one attached hydrogen (secondary N) is 1. The quantitative estimate of drug-likeness (QED) is 0.115. The Morgan fingerprint density at radius 3 is 2.03 bits per heavy atom. The van der Waals surface area contributed by atoms with Crippen LogP contribution in [-0.2, 0) is 42.8 Å². The van der Waals surface area contributed by atoms with E-state index in [0.29, 0.717) is 16.7 Å². The largest absolute Gasteiger partial charge is 0.509 e. The third kappa shape index (κ3) is 7.78. The lowest BCUT2D eigenvalue weighted by atomic mass is 9.43. The predicted molar refractivity (Wildman–Crippen MR) is 230 cm³/mol. The highest BCUT2D eigenvalue weighted by molar-refractivity contribution is 5.96. The summed E-state index contributed by atoms with van der Waals surface area (Å²) in [7, 11) is 0. The van der Waals surface area contributed by atoms with E-state index in [-0.39, 0.29) is 37.2 Å². The number of ketones is 1. The summed E-state index contributed by atoms with van der Waals surface area (Å²) in [6, 6.07) is 24.8. The normalized spacial score (nSPS) is 31.2. The van der Waals surface area contributed by atoms with Crippen LogP contribution in [0.4, 0.5) is 4.79 Å². The average molecular weight is 880 g/mol. The molecule has 3 fully saturated rings. The Labute approximate surface area is 373 Å². The molecule has 0 aromatic heterocycles. The number of carbonyl (C=O) groups excluding carboxylic acids is 6. The molecule has 2 N–H and O–H groups in total. The van der Waals surface area contributed by atoms with Gasteiger partial charge in [-0.3, -0.25) is 19.2 Å². The van der Waals surface area contributed by atoms with Crippen molar-refractivity contribution in [1.29, 1.82) is 0 Å². The second-order valence-corrected chi connectivity index (χ2v) is 18.3. The van der Waals surface area contributed by atoms with Crippen LogP contribution in [0.3, 0.4) is 0 Å². The Balaban J connectivity index is 1.39. The monoisotopic (exact) mass is 879 g/mol. The lowest BCUT2D eigenvalue weighted by Gasteiger charge is -2.67. The number of amides is 1. The van der Waals surface area contributed by atoms with Crippen LogP contribution in [-0.4, -0.2) is 89.7 Å². The van der Waals surface area contributed by atoms with Crippen LogP contribution in [0.25, 0.3) is 0 Å². The number of rotatable bonds is 11. The van der Waals surface area contributed by atoms with E-state index in [9.17, 15) is 29.1 Å². The summed E-state index contributed by atoms with van der Waals surface area (Å²) in [5.74, 6) is -6.32. The Morgan fingerprint density at radius 2 is 1.47 bits per heavy atom. The van der Waals surface area contributed by atoms with E-state index in [4.69, 9.17) is 28.4 Å². The first kappa shape index (κ1) is 46.1. The molecule has 1 heterocycles. The highest BCUT2D eigenvalue weighted by Crippen LogP contribution is 2.65. The van der Waals surface area contributed by atoms with E-state index in [1.165, 1.54) is 6.92 Å². The number of hydrogen-bond donors (Lipinski definition) is 2. The minimum absolute atomic E-state index is 0.0322. The maximum absolute atomic E-state index is 15.8. The minimum atomic E-state index is -2.24. The maximum Gasteiger partial charge on any atom is 0.509 e. The molecule has 0 spiro atoms. The number of fused-ring (bicyclic) bond motifs is 5. The molecule has 11 unspecified atom stereocenters. The SMILES string of the molecule is CCOC(=O)OC12COC1CC(C)C1(C)C(=O)C(OC(C)=O)C3=C(C)C(OC(=O)C(C)C(NC(=O)c4ccccc4)c4ccccc4)CC(O)(C(OC(=O)c4ccccc4)C21)C3(C)C. The first-order chi connectivity index (χ1) is 30.3. The molecule has 1 amide bonds. The fraction of sp³-hybridized carbons (Fsp3) is 0.480. The predicted octanol–water partition coefficient (Wildman–Crippen LogP) is 6.90. The van der Waals surface area contributed by atoms with Gasteiger partial charge in [-0.1, -0.05) is 94.4 Å². The highest BCUT2D eigenvalue weighted by atomic mass is 16.8. The van der Waals surface area contributed by atoms with Crippen molar-refractivity contribution in [3.05, 3.63) is 119 Å². The molecule has 0 radical (unpaired) electrons. The number of benzene rings is 3. The Kier molecular flexibility index (Phi) is 12.7. The van der Waals surface area contributed by atoms with E-state index in [0.717, 1.165) is 0 Å². The van der Waals surface area contributed by atoms with Crippen LogP contribution in [0.15, 0.2) is 102 Å². The van der Waals surface area contributed by atoms with Gasteiger partial charge in [-0.2, -0.15) is 0 Å². The van der Waals surface area contributed by atoms with Crippen molar-refractivity contribution < 1.29 is 62.3 Å². The molecule has 2 bridgehead atoms. The third-order valence-electron chi connectivity index (χ3n) is 14.5. The van der Waals surface area contributed by atoms with Crippen LogP contribution >= 0.6 is 0 Å². The Morgan fingerprint density at radius 1 is 0.875 bits per heavy atom. The van der Waals surface area contributed by atoms with Gasteiger partial charge >= 0.3 is 24.1 Å². The fourth-order valence-electron chi connectivity index (χ4n) is 10.7. The van der Waals surface area contributed by atoms with Crippen LogP contribution < -0.4 is 5.32 Å². The molecule has 14 heteroatoms. The summed E-state index contributed by atoms with van der Waals surface area (Å²) in [5, 5.41) is 16.9. The van der Waals surface area contributed by atoms with Gasteiger partial charge in [0, 0.05) is 29.7 Å². The van der Waals surface area contributed by atoms with Crippen molar-refractivity contribution in [1.82, 2.24) is 5.32 Å². The van der Waals surface area contributed by atoms with Gasteiger partial charge in [0.05, 0.1) is 36.7 Å². The van der Waals surface area contributed by atoms with Crippen LogP contribution in [0.5, 0.6) is 0 Å². The second kappa shape index (κ2) is 17.6. The van der Waals surface area contributed by atoms with Crippen molar-refractivity contribution >= 4 is 35.8 Å². The molecule has 64 heavy (non-hydrogen) atoms. The zero-order chi connectivity index (χ0) is 46.4. The first-order valence-corrected chi connectivity index (χ1v) is 21.8. The third-order valence-corrected chi connectivity index (χ3v) is 14.5. The van der Waals surface area contributed by atoms with Gasteiger partial charge in [-0.25, -0.2) is 9.59 Å². The van der Waals surface area contributed by atoms with Crippen molar-refractivity contribution in [2.75, 3.05) is 13.2 Å². The van der Waals surface area contributed by atoms with Gasteiger partial charge in [0.25, 0.3) is 5.91 Å². The topological polar surface area (TPSA) is 190 Å². The van der Waals surface area contributed by atoms with Crippen LogP contribution in [0.1, 0.15) is 101 Å². The number of Topliss-reactive ketones (excluding diaryl/α,β-unsaturated/α-hetero) is 1. The van der Waals surface area contributed by atoms with Crippen molar-refractivity contribution in [3.63, 3.8) is 0 Å². The molecule has 3 aliphatic carbocycles. The molecular formula is C50H57NO13. The summed E-state index contributed by atoms with van der Waals surface area (Å²) in [6.07, 6.45) is -6.61. The van der Waals surface area contributed by atoms with E-state index in [1.807, 2.05) is 13.0 Å². The summed E-state index contributed by atoms with van der Waals surface area (Å²) >= 11 is 0. The lowest BCUT2D eigenvalue weighted by molar-refractivity contribution is -0.338. The van der Waals surface area contributed by atoms with Crippen molar-refractivity contribution in [2.24, 2.45) is 28.6 Å². The number of aliphatic hydroxyl groups is 1. The summed E-state index contributed by atoms with van der Waals surface area (Å²) < 4.78 is 36.6. The fourth-order valence-corrected chi connectivity index (χ4v) is 10.7. The minimum Gasteiger partial charge on any atom is -0.457 e. The van der Waals surface area contributed by atoms with Gasteiger partial charge in [0.15, 0.2) is 17.5 Å². The maximum atomic E-state index is 15.8. The van der Waals surface area contributed by atoms with Crippen molar-refractivity contribution in [3.8, 4) is 0 Å². The van der Waals surface area contributed by atoms with E-state index < -0.39 is 106 Å². The van der Waals surface area contributed by atoms with Gasteiger partial charge in [-0.15, -0.1) is 0 Å². The van der Waals surface area contributed by atoms with Gasteiger partial charge in [0.2, 0.25) is 0 Å². The van der Waals surface area contributed by atoms with Gasteiger partial charge in [0.1, 0.15) is 23.9 Å².